The van der Waals surface area contributed by atoms with E-state index in [0.29, 0.717) is 10.6 Å². The minimum atomic E-state index is -0.365. The van der Waals surface area contributed by atoms with Crippen molar-refractivity contribution in [2.45, 2.75) is 13.3 Å². The zero-order chi connectivity index (χ0) is 11.4. The SMILES string of the molecule is CCCNc1nnc(-c2cncc(F)c2)s1. The summed E-state index contributed by atoms with van der Waals surface area (Å²) in [6.45, 7) is 2.93. The number of anilines is 1. The predicted molar refractivity (Wildman–Crippen MR) is 61.9 cm³/mol. The van der Waals surface area contributed by atoms with Crippen molar-refractivity contribution >= 4 is 16.5 Å². The van der Waals surface area contributed by atoms with Crippen LogP contribution in [0.4, 0.5) is 9.52 Å². The molecular weight excluding hydrogens is 227 g/mol. The van der Waals surface area contributed by atoms with Crippen LogP contribution in [0.5, 0.6) is 0 Å². The Labute approximate surface area is 96.6 Å². The summed E-state index contributed by atoms with van der Waals surface area (Å²) in [5, 5.41) is 12.5. The van der Waals surface area contributed by atoms with E-state index < -0.39 is 0 Å². The molecule has 0 aliphatic carbocycles. The van der Waals surface area contributed by atoms with Crippen molar-refractivity contribution in [1.82, 2.24) is 15.2 Å². The van der Waals surface area contributed by atoms with Crippen LogP contribution in [0.15, 0.2) is 18.5 Å². The van der Waals surface area contributed by atoms with Gasteiger partial charge in [0.25, 0.3) is 0 Å². The van der Waals surface area contributed by atoms with Gasteiger partial charge in [0.2, 0.25) is 5.13 Å². The lowest BCUT2D eigenvalue weighted by Crippen LogP contribution is -1.98. The Hall–Kier alpha value is -1.56. The molecule has 2 rings (SSSR count). The molecule has 0 radical (unpaired) electrons. The predicted octanol–water partition coefficient (Wildman–Crippen LogP) is 2.56. The maximum atomic E-state index is 12.9. The number of hydrogen-bond acceptors (Lipinski definition) is 5. The fourth-order valence-electron chi connectivity index (χ4n) is 1.17. The van der Waals surface area contributed by atoms with Gasteiger partial charge < -0.3 is 5.32 Å². The lowest BCUT2D eigenvalue weighted by molar-refractivity contribution is 0.622. The van der Waals surface area contributed by atoms with Gasteiger partial charge in [0.1, 0.15) is 5.82 Å². The minimum Gasteiger partial charge on any atom is -0.360 e. The third-order valence-corrected chi connectivity index (χ3v) is 2.83. The Balaban J connectivity index is 2.18. The molecule has 0 saturated heterocycles. The van der Waals surface area contributed by atoms with Gasteiger partial charge >= 0.3 is 0 Å². The molecule has 16 heavy (non-hydrogen) atoms. The lowest BCUT2D eigenvalue weighted by atomic mass is 10.3. The molecule has 0 aliphatic heterocycles. The molecule has 6 heteroatoms. The highest BCUT2D eigenvalue weighted by Crippen LogP contribution is 2.25. The van der Waals surface area contributed by atoms with E-state index in [9.17, 15) is 4.39 Å². The van der Waals surface area contributed by atoms with Gasteiger partial charge in [-0.1, -0.05) is 18.3 Å². The van der Waals surface area contributed by atoms with Gasteiger partial charge in [0.15, 0.2) is 5.01 Å². The van der Waals surface area contributed by atoms with E-state index in [0.717, 1.165) is 18.1 Å². The third kappa shape index (κ3) is 2.52. The molecule has 0 bridgehead atoms. The highest BCUT2D eigenvalue weighted by molar-refractivity contribution is 7.18. The third-order valence-electron chi connectivity index (χ3n) is 1.90. The fraction of sp³-hybridized carbons (Fsp3) is 0.300. The summed E-state index contributed by atoms with van der Waals surface area (Å²) in [5.41, 5.74) is 0.655. The fourth-order valence-corrected chi connectivity index (χ4v) is 1.92. The molecule has 0 atom stereocenters. The van der Waals surface area contributed by atoms with Crippen molar-refractivity contribution in [3.8, 4) is 10.6 Å². The number of hydrogen-bond donors (Lipinski definition) is 1. The molecule has 2 heterocycles. The van der Waals surface area contributed by atoms with Crippen LogP contribution in [-0.4, -0.2) is 21.7 Å². The zero-order valence-corrected chi connectivity index (χ0v) is 9.59. The monoisotopic (exact) mass is 238 g/mol. The van der Waals surface area contributed by atoms with Crippen LogP contribution in [0.2, 0.25) is 0 Å². The first kappa shape index (κ1) is 10.9. The molecule has 0 aromatic carbocycles. The van der Waals surface area contributed by atoms with Crippen LogP contribution in [0.25, 0.3) is 10.6 Å². The quantitative estimate of drug-likeness (QED) is 0.889. The number of rotatable bonds is 4. The summed E-state index contributed by atoms with van der Waals surface area (Å²) in [6, 6.07) is 1.40. The minimum absolute atomic E-state index is 0.365. The Morgan fingerprint density at radius 3 is 3.00 bits per heavy atom. The van der Waals surface area contributed by atoms with Gasteiger partial charge in [-0.15, -0.1) is 10.2 Å². The normalized spacial score (nSPS) is 10.4. The van der Waals surface area contributed by atoms with Gasteiger partial charge in [-0.05, 0) is 12.5 Å². The summed E-state index contributed by atoms with van der Waals surface area (Å²) < 4.78 is 12.9. The van der Waals surface area contributed by atoms with E-state index in [4.69, 9.17) is 0 Å². The molecular formula is C10H11FN4S. The van der Waals surface area contributed by atoms with Crippen LogP contribution in [0.1, 0.15) is 13.3 Å². The van der Waals surface area contributed by atoms with Crippen LogP contribution in [0, 0.1) is 5.82 Å². The Kier molecular flexibility index (Phi) is 3.40. The summed E-state index contributed by atoms with van der Waals surface area (Å²) in [6.07, 6.45) is 3.77. The van der Waals surface area contributed by atoms with Crippen molar-refractivity contribution in [2.24, 2.45) is 0 Å². The van der Waals surface area contributed by atoms with E-state index in [1.54, 1.807) is 6.20 Å². The van der Waals surface area contributed by atoms with Gasteiger partial charge in [-0.25, -0.2) is 4.39 Å². The van der Waals surface area contributed by atoms with E-state index in [2.05, 4.69) is 27.4 Å². The molecule has 2 aromatic heterocycles. The molecule has 0 spiro atoms. The zero-order valence-electron chi connectivity index (χ0n) is 8.77. The standard InChI is InChI=1S/C10H11FN4S/c1-2-3-13-10-15-14-9(16-10)7-4-8(11)6-12-5-7/h4-6H,2-3H2,1H3,(H,13,15). The van der Waals surface area contributed by atoms with Gasteiger partial charge in [0.05, 0.1) is 6.20 Å². The molecule has 84 valence electrons. The van der Waals surface area contributed by atoms with Crippen LogP contribution < -0.4 is 5.32 Å². The average Bonchev–Trinajstić information content (AvgIpc) is 2.75. The summed E-state index contributed by atoms with van der Waals surface area (Å²) >= 11 is 1.39. The summed E-state index contributed by atoms with van der Waals surface area (Å²) in [4.78, 5) is 3.78. The van der Waals surface area contributed by atoms with Crippen LogP contribution >= 0.6 is 11.3 Å². The van der Waals surface area contributed by atoms with Crippen LogP contribution in [0.3, 0.4) is 0 Å². The lowest BCUT2D eigenvalue weighted by Gasteiger charge is -1.96. The van der Waals surface area contributed by atoms with Gasteiger partial charge in [-0.2, -0.15) is 0 Å². The topological polar surface area (TPSA) is 50.7 Å². The number of pyridine rings is 1. The molecule has 0 aliphatic rings. The highest BCUT2D eigenvalue weighted by atomic mass is 32.1. The second kappa shape index (κ2) is 4.98. The van der Waals surface area contributed by atoms with Gasteiger partial charge in [-0.3, -0.25) is 4.98 Å². The van der Waals surface area contributed by atoms with E-state index in [1.165, 1.54) is 23.6 Å². The Bertz CT molecular complexity index is 471. The largest absolute Gasteiger partial charge is 0.360 e. The Morgan fingerprint density at radius 2 is 2.25 bits per heavy atom. The van der Waals surface area contributed by atoms with Gasteiger partial charge in [0, 0.05) is 18.3 Å². The van der Waals surface area contributed by atoms with Crippen molar-refractivity contribution in [3.05, 3.63) is 24.3 Å². The van der Waals surface area contributed by atoms with E-state index in [1.807, 2.05) is 0 Å². The molecule has 0 unspecified atom stereocenters. The molecule has 4 nitrogen and oxygen atoms in total. The average molecular weight is 238 g/mol. The first-order valence-corrected chi connectivity index (χ1v) is 5.79. The van der Waals surface area contributed by atoms with Crippen LogP contribution in [-0.2, 0) is 0 Å². The van der Waals surface area contributed by atoms with Crippen molar-refractivity contribution in [2.75, 3.05) is 11.9 Å². The first-order chi connectivity index (χ1) is 7.79. The number of nitrogens with zero attached hydrogens (tertiary/aromatic N) is 3. The summed E-state index contributed by atoms with van der Waals surface area (Å²) in [5.74, 6) is -0.365. The van der Waals surface area contributed by atoms with Crippen molar-refractivity contribution in [1.29, 1.82) is 0 Å². The summed E-state index contributed by atoms with van der Waals surface area (Å²) in [7, 11) is 0. The second-order valence-corrected chi connectivity index (χ2v) is 4.21. The Morgan fingerprint density at radius 1 is 1.38 bits per heavy atom. The highest BCUT2D eigenvalue weighted by Gasteiger charge is 2.07. The maximum absolute atomic E-state index is 12.9. The molecule has 0 fully saturated rings. The van der Waals surface area contributed by atoms with E-state index in [-0.39, 0.29) is 5.82 Å². The second-order valence-electron chi connectivity index (χ2n) is 3.23. The van der Waals surface area contributed by atoms with E-state index >= 15 is 0 Å². The molecule has 2 aromatic rings. The number of halogens is 1. The molecule has 0 saturated carbocycles. The van der Waals surface area contributed by atoms with Crippen molar-refractivity contribution in [3.63, 3.8) is 0 Å². The maximum Gasteiger partial charge on any atom is 0.206 e. The van der Waals surface area contributed by atoms with Crippen molar-refractivity contribution < 1.29 is 4.39 Å². The molecule has 1 N–H and O–H groups in total. The number of nitrogens with one attached hydrogen (secondary N) is 1. The number of aromatic nitrogens is 3. The molecule has 0 amide bonds. The first-order valence-electron chi connectivity index (χ1n) is 4.98. The smallest absolute Gasteiger partial charge is 0.206 e.